The quantitative estimate of drug-likeness (QED) is 0.448. The highest BCUT2D eigenvalue weighted by molar-refractivity contribution is 4.93. The molecule has 0 amide bonds. The highest BCUT2D eigenvalue weighted by Gasteiger charge is 2.03. The van der Waals surface area contributed by atoms with E-state index in [-0.39, 0.29) is 0 Å². The Morgan fingerprint density at radius 3 is 2.86 bits per heavy atom. The number of ether oxygens (including phenoxy) is 1. The molecule has 1 fully saturated rings. The van der Waals surface area contributed by atoms with Crippen LogP contribution in [-0.2, 0) is 4.74 Å². The van der Waals surface area contributed by atoms with Gasteiger partial charge >= 0.3 is 0 Å². The van der Waals surface area contributed by atoms with Crippen LogP contribution in [0.3, 0.4) is 0 Å². The van der Waals surface area contributed by atoms with Gasteiger partial charge in [-0.2, -0.15) is 0 Å². The summed E-state index contributed by atoms with van der Waals surface area (Å²) < 4.78 is 5.16. The molecular weight excluding hydrogens is 88.1 g/mol. The van der Waals surface area contributed by atoms with E-state index in [9.17, 15) is 0 Å². The Morgan fingerprint density at radius 2 is 2.57 bits per heavy atom. The summed E-state index contributed by atoms with van der Waals surface area (Å²) >= 11 is 0. The van der Waals surface area contributed by atoms with E-state index in [0.717, 1.165) is 13.0 Å². The second-order valence-electron chi connectivity index (χ2n) is 1.71. The molecule has 0 aromatic rings. The van der Waals surface area contributed by atoms with Crippen molar-refractivity contribution in [3.05, 3.63) is 11.8 Å². The predicted octanol–water partition coefficient (Wildman–Crippen LogP) is 1.70. The highest BCUT2D eigenvalue weighted by Crippen LogP contribution is 2.14. The van der Waals surface area contributed by atoms with E-state index < -0.39 is 0 Å². The summed E-state index contributed by atoms with van der Waals surface area (Å²) in [4.78, 5) is 0. The monoisotopic (exact) mass is 98.1 g/mol. The Balaban J connectivity index is 2.41. The lowest BCUT2D eigenvalue weighted by atomic mass is 10.3. The molecule has 0 bridgehead atoms. The van der Waals surface area contributed by atoms with Crippen LogP contribution in [0.25, 0.3) is 0 Å². The van der Waals surface area contributed by atoms with Gasteiger partial charge in [0.15, 0.2) is 0 Å². The van der Waals surface area contributed by atoms with Gasteiger partial charge < -0.3 is 4.74 Å². The Labute approximate surface area is 44.0 Å². The van der Waals surface area contributed by atoms with Crippen LogP contribution in [0.5, 0.6) is 0 Å². The molecule has 0 radical (unpaired) electrons. The van der Waals surface area contributed by atoms with Gasteiger partial charge in [-0.15, -0.1) is 0 Å². The van der Waals surface area contributed by atoms with Gasteiger partial charge in [-0.3, -0.25) is 0 Å². The first-order valence-electron chi connectivity index (χ1n) is 2.71. The highest BCUT2D eigenvalue weighted by atomic mass is 16.5. The fourth-order valence-corrected chi connectivity index (χ4v) is 0.750. The van der Waals surface area contributed by atoms with Crippen LogP contribution in [-0.4, -0.2) is 6.61 Å². The van der Waals surface area contributed by atoms with Gasteiger partial charge in [-0.05, 0) is 19.4 Å². The van der Waals surface area contributed by atoms with Crippen molar-refractivity contribution < 1.29 is 4.74 Å². The second kappa shape index (κ2) is 2.01. The van der Waals surface area contributed by atoms with Crippen LogP contribution in [0, 0.1) is 0 Å². The SMILES string of the molecule is C/C=C1\CCCO1. The van der Waals surface area contributed by atoms with Gasteiger partial charge in [-0.25, -0.2) is 0 Å². The molecule has 7 heavy (non-hydrogen) atoms. The van der Waals surface area contributed by atoms with E-state index in [1.807, 2.05) is 13.0 Å². The summed E-state index contributed by atoms with van der Waals surface area (Å²) in [6.45, 7) is 2.94. The topological polar surface area (TPSA) is 9.23 Å². The Bertz CT molecular complexity index is 76.2. The molecule has 40 valence electrons. The lowest BCUT2D eigenvalue weighted by Gasteiger charge is -1.91. The van der Waals surface area contributed by atoms with Crippen molar-refractivity contribution >= 4 is 0 Å². The van der Waals surface area contributed by atoms with Crippen molar-refractivity contribution in [3.63, 3.8) is 0 Å². The standard InChI is InChI=1S/C6H10O/c1-2-6-4-3-5-7-6/h2H,3-5H2,1H3/b6-2+. The molecule has 0 spiro atoms. The van der Waals surface area contributed by atoms with Crippen LogP contribution < -0.4 is 0 Å². The Kier molecular flexibility index (Phi) is 1.35. The second-order valence-corrected chi connectivity index (χ2v) is 1.71. The van der Waals surface area contributed by atoms with E-state index in [0.29, 0.717) is 0 Å². The van der Waals surface area contributed by atoms with Gasteiger partial charge in [-0.1, -0.05) is 0 Å². The summed E-state index contributed by atoms with van der Waals surface area (Å²) in [6, 6.07) is 0. The summed E-state index contributed by atoms with van der Waals surface area (Å²) in [7, 11) is 0. The summed E-state index contributed by atoms with van der Waals surface area (Å²) in [6.07, 6.45) is 4.39. The first-order valence-corrected chi connectivity index (χ1v) is 2.71. The van der Waals surface area contributed by atoms with Gasteiger partial charge in [0, 0.05) is 6.42 Å². The molecule has 1 aliphatic heterocycles. The van der Waals surface area contributed by atoms with Crippen LogP contribution in [0.4, 0.5) is 0 Å². The lowest BCUT2D eigenvalue weighted by molar-refractivity contribution is 0.263. The third-order valence-electron chi connectivity index (χ3n) is 1.18. The molecule has 1 rings (SSSR count). The molecule has 0 aromatic heterocycles. The van der Waals surface area contributed by atoms with Crippen LogP contribution in [0.1, 0.15) is 19.8 Å². The van der Waals surface area contributed by atoms with Crippen molar-refractivity contribution in [1.82, 2.24) is 0 Å². The molecule has 0 aliphatic carbocycles. The predicted molar refractivity (Wildman–Crippen MR) is 28.9 cm³/mol. The molecule has 0 saturated carbocycles. The molecule has 0 N–H and O–H groups in total. The van der Waals surface area contributed by atoms with Crippen molar-refractivity contribution in [2.75, 3.05) is 6.61 Å². The molecule has 1 heteroatoms. The van der Waals surface area contributed by atoms with Gasteiger partial charge in [0.05, 0.1) is 12.4 Å². The zero-order chi connectivity index (χ0) is 5.11. The molecule has 0 aromatic carbocycles. The summed E-state index contributed by atoms with van der Waals surface area (Å²) in [5.74, 6) is 1.17. The third-order valence-corrected chi connectivity index (χ3v) is 1.18. The molecule has 1 aliphatic rings. The first kappa shape index (κ1) is 4.69. The average Bonchev–Trinajstić information content (AvgIpc) is 2.14. The zero-order valence-electron chi connectivity index (χ0n) is 4.61. The fraction of sp³-hybridized carbons (Fsp3) is 0.667. The Morgan fingerprint density at radius 1 is 1.71 bits per heavy atom. The van der Waals surface area contributed by atoms with Crippen molar-refractivity contribution in [2.24, 2.45) is 0 Å². The van der Waals surface area contributed by atoms with Crippen LogP contribution in [0.15, 0.2) is 11.8 Å². The number of allylic oxidation sites excluding steroid dienone is 2. The fourth-order valence-electron chi connectivity index (χ4n) is 0.750. The summed E-state index contributed by atoms with van der Waals surface area (Å²) in [5.41, 5.74) is 0. The number of hydrogen-bond acceptors (Lipinski definition) is 1. The normalized spacial score (nSPS) is 25.6. The smallest absolute Gasteiger partial charge is 0.0918 e. The number of hydrogen-bond donors (Lipinski definition) is 0. The van der Waals surface area contributed by atoms with E-state index in [1.54, 1.807) is 0 Å². The van der Waals surface area contributed by atoms with Gasteiger partial charge in [0.25, 0.3) is 0 Å². The lowest BCUT2D eigenvalue weighted by Crippen LogP contribution is -1.74. The maximum Gasteiger partial charge on any atom is 0.0918 e. The minimum absolute atomic E-state index is 0.930. The van der Waals surface area contributed by atoms with Crippen molar-refractivity contribution in [3.8, 4) is 0 Å². The minimum atomic E-state index is 0.930. The molecule has 1 heterocycles. The van der Waals surface area contributed by atoms with E-state index >= 15 is 0 Å². The van der Waals surface area contributed by atoms with E-state index in [4.69, 9.17) is 4.74 Å². The maximum absolute atomic E-state index is 5.16. The largest absolute Gasteiger partial charge is 0.498 e. The van der Waals surface area contributed by atoms with Crippen LogP contribution >= 0.6 is 0 Å². The Hall–Kier alpha value is -0.460. The zero-order valence-corrected chi connectivity index (χ0v) is 4.61. The minimum Gasteiger partial charge on any atom is -0.498 e. The van der Waals surface area contributed by atoms with Crippen LogP contribution in [0.2, 0.25) is 0 Å². The number of rotatable bonds is 0. The van der Waals surface area contributed by atoms with Gasteiger partial charge in [0.2, 0.25) is 0 Å². The molecule has 0 unspecified atom stereocenters. The average molecular weight is 98.1 g/mol. The molecule has 0 atom stereocenters. The maximum atomic E-state index is 5.16. The van der Waals surface area contributed by atoms with E-state index in [1.165, 1.54) is 12.2 Å². The van der Waals surface area contributed by atoms with Crippen molar-refractivity contribution in [1.29, 1.82) is 0 Å². The van der Waals surface area contributed by atoms with Crippen molar-refractivity contribution in [2.45, 2.75) is 19.8 Å². The summed E-state index contributed by atoms with van der Waals surface area (Å²) in [5, 5.41) is 0. The molecule has 1 saturated heterocycles. The molecular formula is C6H10O. The van der Waals surface area contributed by atoms with E-state index in [2.05, 4.69) is 0 Å². The third kappa shape index (κ3) is 0.952. The first-order chi connectivity index (χ1) is 3.43. The van der Waals surface area contributed by atoms with Gasteiger partial charge in [0.1, 0.15) is 0 Å². The molecule has 1 nitrogen and oxygen atoms in total.